The zero-order valence-corrected chi connectivity index (χ0v) is 16.6. The Morgan fingerprint density at radius 2 is 1.88 bits per heavy atom. The first-order chi connectivity index (χ1) is 11.9. The van der Waals surface area contributed by atoms with Gasteiger partial charge in [-0.1, -0.05) is 6.92 Å². The lowest BCUT2D eigenvalue weighted by atomic mass is 10.2. The maximum Gasteiger partial charge on any atom is 0.317 e. The molecule has 0 bridgehead atoms. The van der Waals surface area contributed by atoms with Gasteiger partial charge in [0.05, 0.1) is 0 Å². The molecule has 146 valence electrons. The van der Waals surface area contributed by atoms with Gasteiger partial charge in [0.1, 0.15) is 0 Å². The molecule has 1 unspecified atom stereocenters. The van der Waals surface area contributed by atoms with E-state index in [2.05, 4.69) is 10.2 Å². The summed E-state index contributed by atoms with van der Waals surface area (Å²) in [6.45, 7) is 7.05. The van der Waals surface area contributed by atoms with Crippen molar-refractivity contribution in [2.24, 2.45) is 0 Å². The summed E-state index contributed by atoms with van der Waals surface area (Å²) < 4.78 is 28.4. The Labute approximate surface area is 152 Å². The molecule has 2 saturated heterocycles. The molecule has 0 aromatic heterocycles. The van der Waals surface area contributed by atoms with Crippen LogP contribution >= 0.6 is 0 Å². The zero-order valence-electron chi connectivity index (χ0n) is 15.8. The molecule has 0 spiro atoms. The first-order valence-corrected chi connectivity index (χ1v) is 10.7. The summed E-state index contributed by atoms with van der Waals surface area (Å²) in [6, 6.07) is -0.242. The van der Waals surface area contributed by atoms with Crippen LogP contribution in [-0.2, 0) is 10.2 Å². The average molecular weight is 376 g/mol. The highest BCUT2D eigenvalue weighted by Crippen LogP contribution is 2.20. The number of likely N-dealkylation sites (tertiary alicyclic amines) is 2. The number of carbonyl (C=O) groups excluding carboxylic acids is 1. The minimum absolute atomic E-state index is 0.0916. The lowest BCUT2D eigenvalue weighted by Crippen LogP contribution is -2.50. The van der Waals surface area contributed by atoms with Crippen molar-refractivity contribution < 1.29 is 13.2 Å². The molecule has 0 aliphatic carbocycles. The van der Waals surface area contributed by atoms with Crippen molar-refractivity contribution in [1.29, 1.82) is 0 Å². The monoisotopic (exact) mass is 375 g/mol. The zero-order chi connectivity index (χ0) is 18.4. The Morgan fingerprint density at radius 3 is 2.48 bits per heavy atom. The fourth-order valence-corrected chi connectivity index (χ4v) is 4.73. The molecule has 0 radical (unpaired) electrons. The van der Waals surface area contributed by atoms with Crippen LogP contribution in [0.5, 0.6) is 0 Å². The van der Waals surface area contributed by atoms with Gasteiger partial charge in [-0.15, -0.1) is 0 Å². The summed E-state index contributed by atoms with van der Waals surface area (Å²) in [5, 5.41) is 2.87. The molecule has 1 N–H and O–H groups in total. The maximum absolute atomic E-state index is 12.8. The smallest absolute Gasteiger partial charge is 0.317 e. The number of rotatable bonds is 8. The highest BCUT2D eigenvalue weighted by Gasteiger charge is 2.37. The topological polar surface area (TPSA) is 76.2 Å². The largest absolute Gasteiger partial charge is 0.338 e. The van der Waals surface area contributed by atoms with E-state index in [0.717, 1.165) is 26.1 Å². The number of amides is 2. The van der Waals surface area contributed by atoms with E-state index in [1.807, 2.05) is 6.92 Å². The number of hydrogen-bond donors (Lipinski definition) is 1. The summed E-state index contributed by atoms with van der Waals surface area (Å²) >= 11 is 0. The van der Waals surface area contributed by atoms with Gasteiger partial charge in [-0.25, -0.2) is 4.79 Å². The standard InChI is InChI=1S/C16H33N5O3S/c1-4-8-17-16(22)20-11-7-15(14-20)21(25(23,24)18(2)3)13-12-19-9-5-6-10-19/h15H,4-14H2,1-3H3,(H,17,22). The second-order valence-electron chi connectivity index (χ2n) is 7.07. The van der Waals surface area contributed by atoms with Crippen molar-refractivity contribution in [3.63, 3.8) is 0 Å². The first kappa shape index (κ1) is 20.4. The molecule has 0 saturated carbocycles. The fraction of sp³-hybridized carbons (Fsp3) is 0.938. The van der Waals surface area contributed by atoms with Crippen LogP contribution in [-0.4, -0.2) is 98.8 Å². The second-order valence-corrected chi connectivity index (χ2v) is 9.17. The van der Waals surface area contributed by atoms with E-state index in [0.29, 0.717) is 32.6 Å². The van der Waals surface area contributed by atoms with Crippen LogP contribution < -0.4 is 5.32 Å². The normalized spacial score (nSPS) is 22.3. The molecule has 2 aliphatic heterocycles. The maximum atomic E-state index is 12.8. The van der Waals surface area contributed by atoms with Gasteiger partial charge in [-0.2, -0.15) is 17.0 Å². The van der Waals surface area contributed by atoms with Gasteiger partial charge in [-0.3, -0.25) is 0 Å². The lowest BCUT2D eigenvalue weighted by Gasteiger charge is -2.32. The van der Waals surface area contributed by atoms with E-state index in [1.165, 1.54) is 17.1 Å². The third-order valence-electron chi connectivity index (χ3n) is 4.98. The predicted molar refractivity (Wildman–Crippen MR) is 98.7 cm³/mol. The van der Waals surface area contributed by atoms with Crippen molar-refractivity contribution in [3.8, 4) is 0 Å². The minimum atomic E-state index is -3.50. The van der Waals surface area contributed by atoms with Crippen LogP contribution in [0.4, 0.5) is 4.79 Å². The summed E-state index contributed by atoms with van der Waals surface area (Å²) in [4.78, 5) is 16.2. The molecule has 0 aromatic rings. The van der Waals surface area contributed by atoms with Crippen molar-refractivity contribution in [2.45, 2.75) is 38.6 Å². The Kier molecular flexibility index (Phi) is 7.48. The van der Waals surface area contributed by atoms with Crippen molar-refractivity contribution in [2.75, 3.05) is 59.9 Å². The van der Waals surface area contributed by atoms with Gasteiger partial charge in [-0.05, 0) is 38.8 Å². The molecular weight excluding hydrogens is 342 g/mol. The van der Waals surface area contributed by atoms with Crippen LogP contribution in [0.3, 0.4) is 0 Å². The molecule has 2 fully saturated rings. The number of nitrogens with one attached hydrogen (secondary N) is 1. The van der Waals surface area contributed by atoms with Crippen molar-refractivity contribution >= 4 is 16.2 Å². The molecule has 0 aromatic carbocycles. The van der Waals surface area contributed by atoms with Gasteiger partial charge in [0.2, 0.25) is 0 Å². The van der Waals surface area contributed by atoms with Crippen molar-refractivity contribution in [1.82, 2.24) is 23.7 Å². The lowest BCUT2D eigenvalue weighted by molar-refractivity contribution is 0.202. The highest BCUT2D eigenvalue weighted by atomic mass is 32.2. The van der Waals surface area contributed by atoms with Crippen LogP contribution in [0.1, 0.15) is 32.6 Å². The van der Waals surface area contributed by atoms with E-state index >= 15 is 0 Å². The van der Waals surface area contributed by atoms with Crippen molar-refractivity contribution in [3.05, 3.63) is 0 Å². The third-order valence-corrected chi connectivity index (χ3v) is 6.97. The Bertz CT molecular complexity index is 534. The number of carbonyl (C=O) groups is 1. The molecule has 9 heteroatoms. The molecule has 2 rings (SSSR count). The Balaban J connectivity index is 2.01. The molecule has 25 heavy (non-hydrogen) atoms. The summed E-state index contributed by atoms with van der Waals surface area (Å²) in [7, 11) is -0.362. The summed E-state index contributed by atoms with van der Waals surface area (Å²) in [5.74, 6) is 0. The fourth-order valence-electron chi connectivity index (χ4n) is 3.45. The molecule has 2 amide bonds. The molecular formula is C16H33N5O3S. The van der Waals surface area contributed by atoms with Gasteiger partial charge in [0.25, 0.3) is 10.2 Å². The van der Waals surface area contributed by atoms with Gasteiger partial charge in [0.15, 0.2) is 0 Å². The molecule has 2 aliphatic rings. The first-order valence-electron chi connectivity index (χ1n) is 9.30. The second kappa shape index (κ2) is 9.16. The third kappa shape index (κ3) is 5.29. The van der Waals surface area contributed by atoms with Crippen LogP contribution in [0.2, 0.25) is 0 Å². The summed E-state index contributed by atoms with van der Waals surface area (Å²) in [6.07, 6.45) is 3.96. The van der Waals surface area contributed by atoms with E-state index in [1.54, 1.807) is 23.3 Å². The number of hydrogen-bond acceptors (Lipinski definition) is 4. The van der Waals surface area contributed by atoms with Gasteiger partial charge >= 0.3 is 6.03 Å². The van der Waals surface area contributed by atoms with E-state index in [9.17, 15) is 13.2 Å². The molecule has 2 heterocycles. The van der Waals surface area contributed by atoms with E-state index < -0.39 is 10.2 Å². The van der Waals surface area contributed by atoms with Gasteiger partial charge in [0, 0.05) is 52.9 Å². The van der Waals surface area contributed by atoms with E-state index in [4.69, 9.17) is 0 Å². The Morgan fingerprint density at radius 1 is 1.20 bits per heavy atom. The summed E-state index contributed by atoms with van der Waals surface area (Å²) in [5.41, 5.74) is 0. The molecule has 8 nitrogen and oxygen atoms in total. The predicted octanol–water partition coefficient (Wildman–Crippen LogP) is 0.385. The van der Waals surface area contributed by atoms with Crippen LogP contribution in [0.15, 0.2) is 0 Å². The van der Waals surface area contributed by atoms with Crippen LogP contribution in [0, 0.1) is 0 Å². The van der Waals surface area contributed by atoms with Crippen LogP contribution in [0.25, 0.3) is 0 Å². The highest BCUT2D eigenvalue weighted by molar-refractivity contribution is 7.86. The minimum Gasteiger partial charge on any atom is -0.338 e. The number of urea groups is 1. The van der Waals surface area contributed by atoms with E-state index in [-0.39, 0.29) is 12.1 Å². The average Bonchev–Trinajstić information content (AvgIpc) is 3.24. The van der Waals surface area contributed by atoms with Gasteiger partial charge < -0.3 is 15.1 Å². The Hall–Kier alpha value is -0.900. The molecule has 1 atom stereocenters. The SMILES string of the molecule is CCCNC(=O)N1CCC(N(CCN2CCCC2)S(=O)(=O)N(C)C)C1. The quantitative estimate of drug-likeness (QED) is 0.666. The number of nitrogens with zero attached hydrogens (tertiary/aromatic N) is 4.